The fraction of sp³-hybridized carbons (Fsp3) is 0.579. The Hall–Kier alpha value is -2.62. The highest BCUT2D eigenvalue weighted by atomic mass is 19.1. The number of hydrogen-bond donors (Lipinski definition) is 2. The molecular formula is C19H25F2N3O5. The van der Waals surface area contributed by atoms with Crippen molar-refractivity contribution in [1.29, 1.82) is 0 Å². The summed E-state index contributed by atoms with van der Waals surface area (Å²) in [5.74, 6) is -1.71. The maximum atomic E-state index is 14.6. The van der Waals surface area contributed by atoms with Crippen LogP contribution < -0.4 is 9.80 Å². The van der Waals surface area contributed by atoms with Crippen molar-refractivity contribution in [1.82, 2.24) is 4.90 Å². The molecule has 2 saturated heterocycles. The SMILES string of the molecule is CC1(O)CN(c2c(F)cc(N3C[C@@H](CN(C(=O)O)C(C)(C)C)OC3=O)cc2F)C1. The van der Waals surface area contributed by atoms with E-state index in [0.717, 1.165) is 21.9 Å². The molecular weight excluding hydrogens is 388 g/mol. The molecule has 2 aliphatic rings. The van der Waals surface area contributed by atoms with Gasteiger partial charge in [0.25, 0.3) is 0 Å². The predicted molar refractivity (Wildman–Crippen MR) is 101 cm³/mol. The second-order valence-corrected chi connectivity index (χ2v) is 8.79. The van der Waals surface area contributed by atoms with Crippen LogP contribution in [0.5, 0.6) is 0 Å². The number of carbonyl (C=O) groups excluding carboxylic acids is 1. The van der Waals surface area contributed by atoms with Gasteiger partial charge in [-0.3, -0.25) is 9.80 Å². The number of cyclic esters (lactones) is 1. The molecule has 2 amide bonds. The van der Waals surface area contributed by atoms with Gasteiger partial charge in [0.05, 0.1) is 24.4 Å². The lowest BCUT2D eigenvalue weighted by molar-refractivity contribution is 0.0302. The Bertz CT molecular complexity index is 809. The van der Waals surface area contributed by atoms with Gasteiger partial charge in [0, 0.05) is 30.8 Å². The van der Waals surface area contributed by atoms with Gasteiger partial charge in [-0.25, -0.2) is 18.4 Å². The van der Waals surface area contributed by atoms with Crippen molar-refractivity contribution >= 4 is 23.6 Å². The zero-order valence-electron chi connectivity index (χ0n) is 16.8. The van der Waals surface area contributed by atoms with Crippen LogP contribution >= 0.6 is 0 Å². The van der Waals surface area contributed by atoms with Crippen LogP contribution in [0, 0.1) is 11.6 Å². The molecule has 0 spiro atoms. The summed E-state index contributed by atoms with van der Waals surface area (Å²) in [5, 5.41) is 19.2. The first kappa shape index (κ1) is 21.1. The summed E-state index contributed by atoms with van der Waals surface area (Å²) >= 11 is 0. The van der Waals surface area contributed by atoms with Crippen molar-refractivity contribution in [2.45, 2.75) is 44.9 Å². The number of ether oxygens (including phenoxy) is 1. The van der Waals surface area contributed by atoms with Crippen molar-refractivity contribution in [3.63, 3.8) is 0 Å². The highest BCUT2D eigenvalue weighted by Gasteiger charge is 2.41. The molecule has 160 valence electrons. The van der Waals surface area contributed by atoms with Gasteiger partial charge in [-0.15, -0.1) is 0 Å². The topological polar surface area (TPSA) is 93.6 Å². The Morgan fingerprint density at radius 1 is 1.31 bits per heavy atom. The molecule has 1 aromatic carbocycles. The Morgan fingerprint density at radius 2 is 1.86 bits per heavy atom. The van der Waals surface area contributed by atoms with Crippen molar-refractivity contribution in [3.05, 3.63) is 23.8 Å². The van der Waals surface area contributed by atoms with Gasteiger partial charge in [0.1, 0.15) is 11.8 Å². The van der Waals surface area contributed by atoms with Crippen LogP contribution in [-0.4, -0.2) is 70.7 Å². The predicted octanol–water partition coefficient (Wildman–Crippen LogP) is 2.64. The summed E-state index contributed by atoms with van der Waals surface area (Å²) in [6, 6.07) is 2.07. The number of carboxylic acid groups (broad SMARTS) is 1. The van der Waals surface area contributed by atoms with E-state index in [4.69, 9.17) is 4.74 Å². The second-order valence-electron chi connectivity index (χ2n) is 8.79. The number of carbonyl (C=O) groups is 2. The summed E-state index contributed by atoms with van der Waals surface area (Å²) in [4.78, 5) is 27.3. The van der Waals surface area contributed by atoms with Crippen molar-refractivity contribution in [3.8, 4) is 0 Å². The molecule has 2 fully saturated rings. The molecule has 29 heavy (non-hydrogen) atoms. The molecule has 2 aliphatic heterocycles. The summed E-state index contributed by atoms with van der Waals surface area (Å²) in [7, 11) is 0. The third kappa shape index (κ3) is 4.21. The van der Waals surface area contributed by atoms with E-state index < -0.39 is 41.1 Å². The highest BCUT2D eigenvalue weighted by molar-refractivity contribution is 5.90. The number of halogens is 2. The monoisotopic (exact) mass is 413 g/mol. The minimum Gasteiger partial charge on any atom is -0.465 e. The highest BCUT2D eigenvalue weighted by Crippen LogP contribution is 2.35. The number of benzene rings is 1. The molecule has 0 aliphatic carbocycles. The fourth-order valence-electron chi connectivity index (χ4n) is 3.61. The molecule has 2 N–H and O–H groups in total. The zero-order valence-corrected chi connectivity index (χ0v) is 16.8. The average molecular weight is 413 g/mol. The molecule has 0 unspecified atom stereocenters. The molecule has 8 nitrogen and oxygen atoms in total. The summed E-state index contributed by atoms with van der Waals surface area (Å²) in [5.41, 5.74) is -1.97. The fourth-order valence-corrected chi connectivity index (χ4v) is 3.61. The Kier molecular flexibility index (Phi) is 5.10. The number of hydrogen-bond acceptors (Lipinski definition) is 5. The lowest BCUT2D eigenvalue weighted by Crippen LogP contribution is -2.60. The molecule has 0 saturated carbocycles. The van der Waals surface area contributed by atoms with Crippen molar-refractivity contribution in [2.24, 2.45) is 0 Å². The molecule has 0 bridgehead atoms. The number of rotatable bonds is 4. The van der Waals surface area contributed by atoms with E-state index in [1.54, 1.807) is 27.7 Å². The maximum Gasteiger partial charge on any atom is 0.414 e. The van der Waals surface area contributed by atoms with Crippen LogP contribution in [0.4, 0.5) is 29.7 Å². The number of anilines is 2. The lowest BCUT2D eigenvalue weighted by Gasteiger charge is -2.45. The average Bonchev–Trinajstić information content (AvgIpc) is 2.89. The molecule has 2 heterocycles. The van der Waals surface area contributed by atoms with Gasteiger partial charge in [-0.05, 0) is 27.7 Å². The van der Waals surface area contributed by atoms with Crippen LogP contribution in [0.15, 0.2) is 12.1 Å². The maximum absolute atomic E-state index is 14.6. The van der Waals surface area contributed by atoms with E-state index in [1.165, 1.54) is 4.90 Å². The summed E-state index contributed by atoms with van der Waals surface area (Å²) in [6.07, 6.45) is -2.72. The summed E-state index contributed by atoms with van der Waals surface area (Å²) < 4.78 is 34.3. The van der Waals surface area contributed by atoms with Crippen molar-refractivity contribution < 1.29 is 33.3 Å². The van der Waals surface area contributed by atoms with Crippen LogP contribution in [0.2, 0.25) is 0 Å². The van der Waals surface area contributed by atoms with E-state index in [9.17, 15) is 28.6 Å². The number of nitrogens with zero attached hydrogens (tertiary/aromatic N) is 3. The van der Waals surface area contributed by atoms with E-state index in [2.05, 4.69) is 0 Å². The van der Waals surface area contributed by atoms with E-state index in [1.807, 2.05) is 0 Å². The van der Waals surface area contributed by atoms with E-state index in [0.29, 0.717) is 0 Å². The Morgan fingerprint density at radius 3 is 2.31 bits per heavy atom. The minimum absolute atomic E-state index is 0.0128. The van der Waals surface area contributed by atoms with Gasteiger partial charge in [-0.1, -0.05) is 0 Å². The number of aliphatic hydroxyl groups is 1. The first-order valence-corrected chi connectivity index (χ1v) is 9.23. The van der Waals surface area contributed by atoms with Gasteiger partial charge < -0.3 is 19.8 Å². The molecule has 10 heteroatoms. The van der Waals surface area contributed by atoms with Crippen LogP contribution in [0.3, 0.4) is 0 Å². The quantitative estimate of drug-likeness (QED) is 0.788. The van der Waals surface area contributed by atoms with Crippen molar-refractivity contribution in [2.75, 3.05) is 36.0 Å². The molecule has 1 atom stereocenters. The molecule has 0 aromatic heterocycles. The van der Waals surface area contributed by atoms with Crippen LogP contribution in [-0.2, 0) is 4.74 Å². The van der Waals surface area contributed by atoms with Gasteiger partial charge in [0.15, 0.2) is 11.6 Å². The molecule has 1 aromatic rings. The van der Waals surface area contributed by atoms with E-state index in [-0.39, 0.29) is 37.6 Å². The van der Waals surface area contributed by atoms with Gasteiger partial charge >= 0.3 is 12.2 Å². The van der Waals surface area contributed by atoms with Crippen LogP contribution in [0.25, 0.3) is 0 Å². The zero-order chi connectivity index (χ0) is 21.7. The normalized spacial score (nSPS) is 21.1. The van der Waals surface area contributed by atoms with Gasteiger partial charge in [0.2, 0.25) is 0 Å². The first-order chi connectivity index (χ1) is 13.3. The molecule has 0 radical (unpaired) electrons. The lowest BCUT2D eigenvalue weighted by atomic mass is 9.96. The first-order valence-electron chi connectivity index (χ1n) is 9.23. The standard InChI is InChI=1S/C19H25F2N3O5/c1-18(2,3)24(16(25)26)8-12-7-23(17(27)29-12)11-5-13(20)15(14(21)6-11)22-9-19(4,28)10-22/h5-6,12,28H,7-10H2,1-4H3,(H,25,26)/t12-/m0/s1. The third-order valence-corrected chi connectivity index (χ3v) is 4.99. The third-order valence-electron chi connectivity index (χ3n) is 4.99. The van der Waals surface area contributed by atoms with Gasteiger partial charge in [-0.2, -0.15) is 0 Å². The molecule has 3 rings (SSSR count). The van der Waals surface area contributed by atoms with Crippen LogP contribution in [0.1, 0.15) is 27.7 Å². The smallest absolute Gasteiger partial charge is 0.414 e. The van der Waals surface area contributed by atoms with E-state index >= 15 is 0 Å². The second kappa shape index (κ2) is 7.01. The Labute approximate surface area is 167 Å². The number of amides is 2. The number of β-amino-alcohol motifs (C(OH)–C–C–N with tert-alkyl or cyclic N) is 1. The largest absolute Gasteiger partial charge is 0.465 e. The Balaban J connectivity index is 1.76. The minimum atomic E-state index is -1.15. The summed E-state index contributed by atoms with van der Waals surface area (Å²) in [6.45, 7) is 6.83.